The molecular weight excluding hydrogens is 304 g/mol. The van der Waals surface area contributed by atoms with Crippen LogP contribution in [0.3, 0.4) is 0 Å². The van der Waals surface area contributed by atoms with Gasteiger partial charge in [0.25, 0.3) is 0 Å². The van der Waals surface area contributed by atoms with Gasteiger partial charge in [0.2, 0.25) is 0 Å². The number of rotatable bonds is 5. The molecule has 2 heterocycles. The quantitative estimate of drug-likeness (QED) is 0.741. The van der Waals surface area contributed by atoms with Crippen molar-refractivity contribution in [1.82, 2.24) is 9.88 Å². The molecule has 1 fully saturated rings. The maximum atomic E-state index is 4.57. The van der Waals surface area contributed by atoms with Gasteiger partial charge in [0, 0.05) is 18.4 Å². The summed E-state index contributed by atoms with van der Waals surface area (Å²) in [6, 6.07) is 14.6. The molecule has 3 rings (SSSR count). The second-order valence-corrected chi connectivity index (χ2v) is 7.18. The minimum Gasteiger partial charge on any atom is -0.306 e. The molecule has 1 aliphatic rings. The van der Waals surface area contributed by atoms with Crippen LogP contribution >= 0.6 is 0 Å². The van der Waals surface area contributed by atoms with Crippen molar-refractivity contribution < 1.29 is 0 Å². The van der Waals surface area contributed by atoms with Crippen LogP contribution in [0.15, 0.2) is 55.2 Å². The van der Waals surface area contributed by atoms with E-state index in [0.29, 0.717) is 0 Å². The van der Waals surface area contributed by atoms with Crippen molar-refractivity contribution in [3.63, 3.8) is 0 Å². The highest BCUT2D eigenvalue weighted by Crippen LogP contribution is 2.18. The smallest absolute Gasteiger partial charge is 0.0407 e. The average Bonchev–Trinajstić information content (AvgIpc) is 3.03. The van der Waals surface area contributed by atoms with Gasteiger partial charge in [0.1, 0.15) is 0 Å². The van der Waals surface area contributed by atoms with E-state index in [9.17, 15) is 0 Å². The van der Waals surface area contributed by atoms with Gasteiger partial charge in [0.05, 0.1) is 0 Å². The SMILES string of the molecule is C=C(C)c1ccccc1.CCCc1ccc(CC2CCN(C)C2)nc1. The molecule has 0 saturated carbocycles. The maximum absolute atomic E-state index is 4.57. The Morgan fingerprint density at radius 1 is 1.20 bits per heavy atom. The molecule has 1 saturated heterocycles. The van der Waals surface area contributed by atoms with E-state index in [1.54, 1.807) is 0 Å². The van der Waals surface area contributed by atoms with Gasteiger partial charge in [-0.1, -0.05) is 61.9 Å². The van der Waals surface area contributed by atoms with Crippen molar-refractivity contribution in [1.29, 1.82) is 0 Å². The standard InChI is InChI=1S/C14H22N2.C9H10/c1-3-4-12-5-6-14(15-10-12)9-13-7-8-16(2)11-13;1-8(2)9-6-4-3-5-7-9/h5-6,10,13H,3-4,7-9,11H2,1-2H3;3-7H,1H2,2H3. The fraction of sp³-hybridized carbons (Fsp3) is 0.435. The Morgan fingerprint density at radius 3 is 2.44 bits per heavy atom. The first-order valence-electron chi connectivity index (χ1n) is 9.41. The molecule has 1 unspecified atom stereocenters. The molecule has 1 aliphatic heterocycles. The highest BCUT2D eigenvalue weighted by molar-refractivity contribution is 5.60. The summed E-state index contributed by atoms with van der Waals surface area (Å²) in [5.41, 5.74) is 4.98. The predicted octanol–water partition coefficient (Wildman–Crippen LogP) is 5.25. The van der Waals surface area contributed by atoms with Crippen LogP contribution in [0.1, 0.15) is 43.5 Å². The number of likely N-dealkylation sites (tertiary alicyclic amines) is 1. The maximum Gasteiger partial charge on any atom is 0.0407 e. The Bertz CT molecular complexity index is 631. The van der Waals surface area contributed by atoms with Crippen molar-refractivity contribution in [2.75, 3.05) is 20.1 Å². The van der Waals surface area contributed by atoms with Crippen molar-refractivity contribution in [2.45, 2.75) is 39.5 Å². The third-order valence-electron chi connectivity index (χ3n) is 4.68. The van der Waals surface area contributed by atoms with Crippen LogP contribution in [-0.4, -0.2) is 30.0 Å². The van der Waals surface area contributed by atoms with Gasteiger partial charge < -0.3 is 4.90 Å². The summed E-state index contributed by atoms with van der Waals surface area (Å²) in [5, 5.41) is 0. The lowest BCUT2D eigenvalue weighted by atomic mass is 10.0. The molecule has 2 heteroatoms. The number of aryl methyl sites for hydroxylation is 1. The summed E-state index contributed by atoms with van der Waals surface area (Å²) in [4.78, 5) is 6.98. The third-order valence-corrected chi connectivity index (χ3v) is 4.68. The molecule has 0 N–H and O–H groups in total. The summed E-state index contributed by atoms with van der Waals surface area (Å²) in [7, 11) is 2.21. The normalized spacial score (nSPS) is 17.0. The summed E-state index contributed by atoms with van der Waals surface area (Å²) < 4.78 is 0. The summed E-state index contributed by atoms with van der Waals surface area (Å²) in [6.45, 7) is 10.5. The van der Waals surface area contributed by atoms with E-state index in [4.69, 9.17) is 0 Å². The van der Waals surface area contributed by atoms with Crippen molar-refractivity contribution in [3.8, 4) is 0 Å². The molecule has 25 heavy (non-hydrogen) atoms. The number of nitrogens with zero attached hydrogens (tertiary/aromatic N) is 2. The molecule has 0 spiro atoms. The van der Waals surface area contributed by atoms with Crippen LogP contribution in [0.25, 0.3) is 5.57 Å². The highest BCUT2D eigenvalue weighted by Gasteiger charge is 2.19. The number of hydrogen-bond donors (Lipinski definition) is 0. The second kappa shape index (κ2) is 10.1. The summed E-state index contributed by atoms with van der Waals surface area (Å²) in [5.74, 6) is 0.814. The van der Waals surface area contributed by atoms with Crippen LogP contribution in [-0.2, 0) is 12.8 Å². The van der Waals surface area contributed by atoms with E-state index in [1.807, 2.05) is 25.1 Å². The first kappa shape index (κ1) is 19.4. The Labute approximate surface area is 153 Å². The molecule has 2 nitrogen and oxygen atoms in total. The first-order valence-corrected chi connectivity index (χ1v) is 9.41. The van der Waals surface area contributed by atoms with Gasteiger partial charge in [0.15, 0.2) is 0 Å². The minimum atomic E-state index is 0.814. The fourth-order valence-corrected chi connectivity index (χ4v) is 3.22. The van der Waals surface area contributed by atoms with Crippen LogP contribution < -0.4 is 0 Å². The number of benzene rings is 1. The van der Waals surface area contributed by atoms with Crippen molar-refractivity contribution in [2.24, 2.45) is 5.92 Å². The van der Waals surface area contributed by atoms with Gasteiger partial charge >= 0.3 is 0 Å². The van der Waals surface area contributed by atoms with Gasteiger partial charge in [-0.25, -0.2) is 0 Å². The highest BCUT2D eigenvalue weighted by atomic mass is 15.1. The van der Waals surface area contributed by atoms with Gasteiger partial charge in [-0.15, -0.1) is 0 Å². The van der Waals surface area contributed by atoms with Gasteiger partial charge in [-0.05, 0) is 62.9 Å². The largest absolute Gasteiger partial charge is 0.306 e. The molecule has 0 amide bonds. The number of pyridine rings is 1. The monoisotopic (exact) mass is 336 g/mol. The number of allylic oxidation sites excluding steroid dienone is 1. The van der Waals surface area contributed by atoms with Crippen LogP contribution in [0.2, 0.25) is 0 Å². The van der Waals surface area contributed by atoms with E-state index in [0.717, 1.165) is 24.3 Å². The summed E-state index contributed by atoms with van der Waals surface area (Å²) in [6.07, 6.45) is 6.89. The molecule has 0 bridgehead atoms. The topological polar surface area (TPSA) is 16.1 Å². The Kier molecular flexibility index (Phi) is 7.87. The molecule has 1 aromatic carbocycles. The van der Waals surface area contributed by atoms with E-state index >= 15 is 0 Å². The minimum absolute atomic E-state index is 0.814. The zero-order valence-electron chi connectivity index (χ0n) is 16.0. The lowest BCUT2D eigenvalue weighted by Crippen LogP contribution is -2.15. The molecule has 0 aliphatic carbocycles. The van der Waals surface area contributed by atoms with Crippen molar-refractivity contribution in [3.05, 3.63) is 72.1 Å². The van der Waals surface area contributed by atoms with Crippen molar-refractivity contribution >= 4 is 5.57 Å². The van der Waals surface area contributed by atoms with Gasteiger partial charge in [-0.2, -0.15) is 0 Å². The van der Waals surface area contributed by atoms with Crippen LogP contribution in [0.5, 0.6) is 0 Å². The first-order chi connectivity index (χ1) is 12.1. The molecule has 2 aromatic rings. The second-order valence-electron chi connectivity index (χ2n) is 7.18. The Morgan fingerprint density at radius 2 is 1.96 bits per heavy atom. The van der Waals surface area contributed by atoms with E-state index in [1.165, 1.54) is 42.8 Å². The molecular formula is C23H32N2. The lowest BCUT2D eigenvalue weighted by molar-refractivity contribution is 0.393. The lowest BCUT2D eigenvalue weighted by Gasteiger charge is -2.10. The summed E-state index contributed by atoms with van der Waals surface area (Å²) >= 11 is 0. The van der Waals surface area contributed by atoms with E-state index in [2.05, 4.69) is 60.9 Å². The van der Waals surface area contributed by atoms with E-state index < -0.39 is 0 Å². The Hall–Kier alpha value is -1.93. The zero-order chi connectivity index (χ0) is 18.1. The Balaban J connectivity index is 0.000000212. The van der Waals surface area contributed by atoms with E-state index in [-0.39, 0.29) is 0 Å². The molecule has 1 atom stereocenters. The van der Waals surface area contributed by atoms with Crippen LogP contribution in [0, 0.1) is 5.92 Å². The molecule has 134 valence electrons. The fourth-order valence-electron chi connectivity index (χ4n) is 3.22. The number of hydrogen-bond acceptors (Lipinski definition) is 2. The zero-order valence-corrected chi connectivity index (χ0v) is 16.0. The molecule has 0 radical (unpaired) electrons. The third kappa shape index (κ3) is 6.83. The van der Waals surface area contributed by atoms with Crippen LogP contribution in [0.4, 0.5) is 0 Å². The predicted molar refractivity (Wildman–Crippen MR) is 109 cm³/mol. The molecule has 1 aromatic heterocycles. The average molecular weight is 337 g/mol. The number of aromatic nitrogens is 1. The van der Waals surface area contributed by atoms with Gasteiger partial charge in [-0.3, -0.25) is 4.98 Å².